The normalized spacial score (nSPS) is 18.7. The van der Waals surface area contributed by atoms with E-state index in [2.05, 4.69) is 44.3 Å². The number of amides is 2. The molecule has 1 aromatic carbocycles. The number of carbonyl (C=O) groups excluding carboxylic acids is 4. The Kier molecular flexibility index (Phi) is 13.5. The molecule has 2 aliphatic heterocycles. The summed E-state index contributed by atoms with van der Waals surface area (Å²) in [5.74, 6) is -0.989. The van der Waals surface area contributed by atoms with E-state index in [4.69, 9.17) is 0 Å². The fourth-order valence-corrected chi connectivity index (χ4v) is 6.32. The maximum absolute atomic E-state index is 13.5. The molecule has 0 radical (unpaired) electrons. The fourth-order valence-electron chi connectivity index (χ4n) is 6.32. The van der Waals surface area contributed by atoms with E-state index in [1.165, 1.54) is 6.07 Å². The molecule has 0 atom stereocenters. The van der Waals surface area contributed by atoms with Gasteiger partial charge in [0.15, 0.2) is 11.6 Å². The van der Waals surface area contributed by atoms with Gasteiger partial charge in [-0.1, -0.05) is 12.1 Å². The Bertz CT molecular complexity index is 1220. The Morgan fingerprint density at radius 3 is 1.64 bits per heavy atom. The number of hydrogen-bond donors (Lipinski definition) is 3. The molecule has 0 bridgehead atoms. The molecular formula is C34H52N6O5. The number of phenolic OH excluding ortho intramolecular Hbond substituents is 1. The van der Waals surface area contributed by atoms with Gasteiger partial charge in [-0.3, -0.25) is 19.2 Å². The molecule has 0 saturated carbocycles. The average molecular weight is 625 g/mol. The number of allylic oxidation sites excluding steroid dienone is 2. The lowest BCUT2D eigenvalue weighted by atomic mass is 9.80. The molecule has 3 N–H and O–H groups in total. The molecule has 2 amide bonds. The van der Waals surface area contributed by atoms with E-state index in [1.807, 2.05) is 0 Å². The van der Waals surface area contributed by atoms with Crippen molar-refractivity contribution in [1.82, 2.24) is 30.2 Å². The quantitative estimate of drug-likeness (QED) is 0.237. The Labute approximate surface area is 268 Å². The van der Waals surface area contributed by atoms with Crippen LogP contribution in [0.2, 0.25) is 0 Å². The maximum Gasteiger partial charge on any atom is 0.220 e. The molecule has 11 nitrogen and oxygen atoms in total. The highest BCUT2D eigenvalue weighted by molar-refractivity contribution is 6.27. The van der Waals surface area contributed by atoms with Crippen LogP contribution in [0.5, 0.6) is 5.75 Å². The number of piperazine rings is 2. The third-order valence-corrected chi connectivity index (χ3v) is 9.23. The van der Waals surface area contributed by atoms with Gasteiger partial charge in [-0.15, -0.1) is 0 Å². The van der Waals surface area contributed by atoms with Gasteiger partial charge in [0.2, 0.25) is 11.8 Å². The highest BCUT2D eigenvalue weighted by Gasteiger charge is 2.33. The first-order valence-corrected chi connectivity index (χ1v) is 16.7. The minimum absolute atomic E-state index is 0.0349. The first-order chi connectivity index (χ1) is 21.7. The van der Waals surface area contributed by atoms with Crippen LogP contribution in [-0.2, 0) is 9.59 Å². The van der Waals surface area contributed by atoms with Crippen molar-refractivity contribution in [1.29, 1.82) is 0 Å². The van der Waals surface area contributed by atoms with Gasteiger partial charge < -0.3 is 35.3 Å². The van der Waals surface area contributed by atoms with Crippen LogP contribution >= 0.6 is 0 Å². The smallest absolute Gasteiger partial charge is 0.220 e. The van der Waals surface area contributed by atoms with Crippen molar-refractivity contribution in [2.45, 2.75) is 51.4 Å². The van der Waals surface area contributed by atoms with Crippen molar-refractivity contribution in [3.8, 4) is 5.75 Å². The summed E-state index contributed by atoms with van der Waals surface area (Å²) < 4.78 is 0. The van der Waals surface area contributed by atoms with Crippen molar-refractivity contribution in [3.63, 3.8) is 0 Å². The molecule has 4 rings (SSSR count). The number of phenols is 1. The lowest BCUT2D eigenvalue weighted by molar-refractivity contribution is -0.122. The first kappa shape index (κ1) is 34.7. The molecule has 0 spiro atoms. The van der Waals surface area contributed by atoms with Gasteiger partial charge in [-0.2, -0.15) is 0 Å². The zero-order valence-electron chi connectivity index (χ0n) is 27.2. The number of ketones is 2. The Balaban J connectivity index is 1.23. The van der Waals surface area contributed by atoms with Crippen molar-refractivity contribution in [2.24, 2.45) is 0 Å². The highest BCUT2D eigenvalue weighted by atomic mass is 16.3. The SMILES string of the molecule is CN1CCN(CCCNC(=O)CCCC2=C(CCCC(=O)NCCCN3CCN(C)CC3)C(=O)c3c(O)cccc3C2=O)CC1. The van der Waals surface area contributed by atoms with Crippen molar-refractivity contribution >= 4 is 23.4 Å². The standard InChI is InChI=1S/C34H52N6O5/c1-37-18-22-39(23-19-37)16-6-14-35-30(42)12-4-8-26-27(34(45)32-28(33(26)44)10-3-11-29(32)41)9-5-13-31(43)36-15-7-17-40-24-20-38(2)21-25-40/h3,10-11,41H,4-9,12-25H2,1-2H3,(H,35,42)(H,36,43). The fraction of sp³-hybridized carbons (Fsp3) is 0.647. The molecule has 11 heteroatoms. The van der Waals surface area contributed by atoms with E-state index >= 15 is 0 Å². The minimum atomic E-state index is -0.362. The monoisotopic (exact) mass is 624 g/mol. The van der Waals surface area contributed by atoms with Gasteiger partial charge in [0.05, 0.1) is 5.56 Å². The Morgan fingerprint density at radius 2 is 1.16 bits per heavy atom. The molecular weight excluding hydrogens is 572 g/mol. The van der Waals surface area contributed by atoms with Crippen molar-refractivity contribution in [3.05, 3.63) is 40.5 Å². The highest BCUT2D eigenvalue weighted by Crippen LogP contribution is 2.35. The minimum Gasteiger partial charge on any atom is -0.507 e. The van der Waals surface area contributed by atoms with Crippen molar-refractivity contribution in [2.75, 3.05) is 92.6 Å². The van der Waals surface area contributed by atoms with Crippen molar-refractivity contribution < 1.29 is 24.3 Å². The predicted octanol–water partition coefficient (Wildman–Crippen LogP) is 1.92. The summed E-state index contributed by atoms with van der Waals surface area (Å²) >= 11 is 0. The van der Waals surface area contributed by atoms with Crippen LogP contribution in [0.4, 0.5) is 0 Å². The molecule has 0 unspecified atom stereocenters. The largest absolute Gasteiger partial charge is 0.507 e. The van der Waals surface area contributed by atoms with Crippen LogP contribution < -0.4 is 10.6 Å². The molecule has 45 heavy (non-hydrogen) atoms. The third kappa shape index (κ3) is 10.5. The van der Waals surface area contributed by atoms with Gasteiger partial charge >= 0.3 is 0 Å². The lowest BCUT2D eigenvalue weighted by Gasteiger charge is -2.32. The second-order valence-corrected chi connectivity index (χ2v) is 12.7. The number of nitrogens with one attached hydrogen (secondary N) is 2. The van der Waals surface area contributed by atoms with Gasteiger partial charge in [0.25, 0.3) is 0 Å². The van der Waals surface area contributed by atoms with E-state index in [0.29, 0.717) is 43.5 Å². The van der Waals surface area contributed by atoms with E-state index in [0.717, 1.165) is 78.3 Å². The third-order valence-electron chi connectivity index (χ3n) is 9.23. The molecule has 2 heterocycles. The number of rotatable bonds is 16. The first-order valence-electron chi connectivity index (χ1n) is 16.7. The summed E-state index contributed by atoms with van der Waals surface area (Å²) in [7, 11) is 4.26. The van der Waals surface area contributed by atoms with E-state index in [1.54, 1.807) is 12.1 Å². The Hall–Kier alpha value is -3.12. The van der Waals surface area contributed by atoms with Crippen LogP contribution in [0.25, 0.3) is 0 Å². The molecule has 0 aromatic heterocycles. The van der Waals surface area contributed by atoms with Gasteiger partial charge in [-0.05, 0) is 71.8 Å². The Morgan fingerprint density at radius 1 is 0.689 bits per heavy atom. The number of nitrogens with zero attached hydrogens (tertiary/aromatic N) is 4. The number of aromatic hydroxyl groups is 1. The molecule has 1 aliphatic carbocycles. The van der Waals surface area contributed by atoms with E-state index in [9.17, 15) is 24.3 Å². The summed E-state index contributed by atoms with van der Waals surface area (Å²) in [5, 5.41) is 16.4. The van der Waals surface area contributed by atoms with E-state index in [-0.39, 0.29) is 59.5 Å². The molecule has 3 aliphatic rings. The number of carbonyl (C=O) groups is 4. The summed E-state index contributed by atoms with van der Waals surface area (Å²) in [5.41, 5.74) is 0.982. The summed E-state index contributed by atoms with van der Waals surface area (Å²) in [6.07, 6.45) is 3.69. The summed E-state index contributed by atoms with van der Waals surface area (Å²) in [6, 6.07) is 4.54. The van der Waals surface area contributed by atoms with Gasteiger partial charge in [0.1, 0.15) is 5.75 Å². The number of hydrogen-bond acceptors (Lipinski definition) is 9. The van der Waals surface area contributed by atoms with Crippen LogP contribution in [0, 0.1) is 0 Å². The predicted molar refractivity (Wildman–Crippen MR) is 175 cm³/mol. The van der Waals surface area contributed by atoms with Gasteiger partial charge in [0, 0.05) is 95.0 Å². The number of benzene rings is 1. The van der Waals surface area contributed by atoms with E-state index < -0.39 is 0 Å². The summed E-state index contributed by atoms with van der Waals surface area (Å²) in [6.45, 7) is 11.6. The maximum atomic E-state index is 13.5. The van der Waals surface area contributed by atoms with Crippen LogP contribution in [-0.4, -0.2) is 141 Å². The van der Waals surface area contributed by atoms with Crippen LogP contribution in [0.3, 0.4) is 0 Å². The number of likely N-dealkylation sites (N-methyl/N-ethyl adjacent to an activating group) is 2. The zero-order valence-corrected chi connectivity index (χ0v) is 27.2. The second kappa shape index (κ2) is 17.5. The molecule has 248 valence electrons. The second-order valence-electron chi connectivity index (χ2n) is 12.7. The lowest BCUT2D eigenvalue weighted by Crippen LogP contribution is -2.45. The number of Topliss-reactive ketones (excluding diaryl/α,β-unsaturated/α-hetero) is 2. The topological polar surface area (TPSA) is 126 Å². The van der Waals surface area contributed by atoms with Crippen LogP contribution in [0.15, 0.2) is 29.3 Å². The van der Waals surface area contributed by atoms with Gasteiger partial charge in [-0.25, -0.2) is 0 Å². The molecule has 2 fully saturated rings. The zero-order chi connectivity index (χ0) is 32.2. The summed E-state index contributed by atoms with van der Waals surface area (Å²) in [4.78, 5) is 61.5. The average Bonchev–Trinajstić information content (AvgIpc) is 3.02. The molecule has 1 aromatic rings. The molecule has 2 saturated heterocycles. The van der Waals surface area contributed by atoms with Crippen LogP contribution in [0.1, 0.15) is 72.1 Å². The number of fused-ring (bicyclic) bond motifs is 1.